The first kappa shape index (κ1) is 15.0. The lowest BCUT2D eigenvalue weighted by Crippen LogP contribution is -2.48. The summed E-state index contributed by atoms with van der Waals surface area (Å²) in [6, 6.07) is 8.18. The minimum Gasteiger partial charge on any atom is -0.380 e. The Morgan fingerprint density at radius 3 is 2.50 bits per heavy atom. The zero-order valence-corrected chi connectivity index (χ0v) is 12.3. The van der Waals surface area contributed by atoms with E-state index < -0.39 is 9.84 Å². The van der Waals surface area contributed by atoms with Gasteiger partial charge in [0.15, 0.2) is 9.84 Å². The van der Waals surface area contributed by atoms with Crippen LogP contribution in [0.15, 0.2) is 35.2 Å². The summed E-state index contributed by atoms with van der Waals surface area (Å²) in [6.45, 7) is 3.82. The van der Waals surface area contributed by atoms with Gasteiger partial charge in [-0.1, -0.05) is 25.1 Å². The second kappa shape index (κ2) is 5.93. The topological polar surface area (TPSA) is 72.5 Å². The fourth-order valence-electron chi connectivity index (χ4n) is 1.93. The molecule has 110 valence electrons. The van der Waals surface area contributed by atoms with E-state index in [1.54, 1.807) is 30.3 Å². The maximum absolute atomic E-state index is 12.0. The fourth-order valence-corrected chi connectivity index (χ4v) is 3.19. The number of rotatable bonds is 6. The lowest BCUT2D eigenvalue weighted by molar-refractivity contribution is -0.126. The smallest absolute Gasteiger partial charge is 0.221 e. The average Bonchev–Trinajstić information content (AvgIpc) is 2.42. The van der Waals surface area contributed by atoms with E-state index in [9.17, 15) is 13.2 Å². The summed E-state index contributed by atoms with van der Waals surface area (Å²) in [4.78, 5) is 11.9. The summed E-state index contributed by atoms with van der Waals surface area (Å²) in [6.07, 6.45) is -0.0197. The van der Waals surface area contributed by atoms with Gasteiger partial charge < -0.3 is 10.1 Å². The van der Waals surface area contributed by atoms with Crippen molar-refractivity contribution in [3.63, 3.8) is 0 Å². The largest absolute Gasteiger partial charge is 0.380 e. The van der Waals surface area contributed by atoms with Gasteiger partial charge in [-0.2, -0.15) is 0 Å². The zero-order valence-electron chi connectivity index (χ0n) is 11.5. The molecule has 0 unspecified atom stereocenters. The summed E-state index contributed by atoms with van der Waals surface area (Å²) < 4.78 is 29.1. The van der Waals surface area contributed by atoms with Gasteiger partial charge in [0.1, 0.15) is 0 Å². The molecule has 1 aliphatic heterocycles. The minimum atomic E-state index is -3.39. The minimum absolute atomic E-state index is 0.00599. The van der Waals surface area contributed by atoms with Crippen LogP contribution in [0.1, 0.15) is 13.3 Å². The molecule has 0 saturated carbocycles. The normalized spacial score (nSPS) is 17.2. The van der Waals surface area contributed by atoms with Gasteiger partial charge in [0.2, 0.25) is 5.91 Å². The molecule has 5 nitrogen and oxygen atoms in total. The van der Waals surface area contributed by atoms with Gasteiger partial charge in [0.05, 0.1) is 23.9 Å². The Balaban J connectivity index is 1.81. The number of hydrogen-bond acceptors (Lipinski definition) is 4. The molecule has 0 aromatic heterocycles. The quantitative estimate of drug-likeness (QED) is 0.850. The molecule has 6 heteroatoms. The lowest BCUT2D eigenvalue weighted by Gasteiger charge is -2.38. The first-order chi connectivity index (χ1) is 9.41. The highest BCUT2D eigenvalue weighted by atomic mass is 32.2. The van der Waals surface area contributed by atoms with Gasteiger partial charge in [-0.05, 0) is 12.1 Å². The number of sulfone groups is 1. The van der Waals surface area contributed by atoms with E-state index in [0.717, 1.165) is 0 Å². The van der Waals surface area contributed by atoms with E-state index in [4.69, 9.17) is 4.74 Å². The Kier molecular flexibility index (Phi) is 4.45. The number of carbonyl (C=O) groups is 1. The molecule has 1 N–H and O–H groups in total. The molecule has 1 heterocycles. The highest BCUT2D eigenvalue weighted by Gasteiger charge is 2.33. The summed E-state index contributed by atoms with van der Waals surface area (Å²) in [7, 11) is -3.39. The Labute approximate surface area is 119 Å². The van der Waals surface area contributed by atoms with Crippen LogP contribution in [0.2, 0.25) is 0 Å². The van der Waals surface area contributed by atoms with E-state index in [0.29, 0.717) is 19.8 Å². The molecule has 0 bridgehead atoms. The van der Waals surface area contributed by atoms with Crippen molar-refractivity contribution >= 4 is 15.7 Å². The van der Waals surface area contributed by atoms with Gasteiger partial charge >= 0.3 is 0 Å². The number of hydrogen-bond donors (Lipinski definition) is 1. The highest BCUT2D eigenvalue weighted by molar-refractivity contribution is 7.91. The fraction of sp³-hybridized carbons (Fsp3) is 0.500. The lowest BCUT2D eigenvalue weighted by atomic mass is 9.89. The van der Waals surface area contributed by atoms with Gasteiger partial charge in [-0.15, -0.1) is 0 Å². The third-order valence-corrected chi connectivity index (χ3v) is 5.05. The van der Waals surface area contributed by atoms with Crippen LogP contribution in [0.4, 0.5) is 0 Å². The van der Waals surface area contributed by atoms with Crippen molar-refractivity contribution in [3.05, 3.63) is 30.3 Å². The zero-order chi connectivity index (χ0) is 14.6. The summed E-state index contributed by atoms with van der Waals surface area (Å²) in [5.41, 5.74) is -0.00599. The molecule has 1 aromatic rings. The van der Waals surface area contributed by atoms with Crippen molar-refractivity contribution in [2.24, 2.45) is 5.41 Å². The third kappa shape index (κ3) is 3.80. The molecule has 0 atom stereocenters. The number of carbonyl (C=O) groups excluding carboxylic acids is 1. The summed E-state index contributed by atoms with van der Waals surface area (Å²) in [5.74, 6) is -0.409. The summed E-state index contributed by atoms with van der Waals surface area (Å²) >= 11 is 0. The van der Waals surface area contributed by atoms with Crippen molar-refractivity contribution in [3.8, 4) is 0 Å². The molecule has 1 fully saturated rings. The van der Waals surface area contributed by atoms with Crippen molar-refractivity contribution < 1.29 is 17.9 Å². The third-order valence-electron chi connectivity index (χ3n) is 3.31. The maximum atomic E-state index is 12.0. The van der Waals surface area contributed by atoms with Crippen LogP contribution in [0.5, 0.6) is 0 Å². The van der Waals surface area contributed by atoms with E-state index in [-0.39, 0.29) is 28.4 Å². The van der Waals surface area contributed by atoms with Crippen molar-refractivity contribution in [2.75, 3.05) is 25.5 Å². The maximum Gasteiger partial charge on any atom is 0.221 e. The highest BCUT2D eigenvalue weighted by Crippen LogP contribution is 2.25. The number of amides is 1. The van der Waals surface area contributed by atoms with Crippen LogP contribution in [0.3, 0.4) is 0 Å². The van der Waals surface area contributed by atoms with E-state index in [1.165, 1.54) is 0 Å². The Hall–Kier alpha value is -1.40. The number of nitrogens with one attached hydrogen (secondary N) is 1. The predicted octanol–water partition coefficient (Wildman–Crippen LogP) is 1.00. The first-order valence-corrected chi connectivity index (χ1v) is 8.19. The molecule has 0 aliphatic carbocycles. The van der Waals surface area contributed by atoms with Gasteiger partial charge in [0.25, 0.3) is 0 Å². The molecule has 2 rings (SSSR count). The second-order valence-corrected chi connectivity index (χ2v) is 7.57. The van der Waals surface area contributed by atoms with Gasteiger partial charge in [-0.25, -0.2) is 8.42 Å². The molecule has 1 amide bonds. The molecular formula is C14H19NO4S. The van der Waals surface area contributed by atoms with E-state index >= 15 is 0 Å². The standard InChI is InChI=1S/C14H19NO4S/c1-14(10-19-11-14)9-15-13(16)7-8-20(17,18)12-5-3-2-4-6-12/h2-6H,7-11H2,1H3,(H,15,16). The Bertz CT molecular complexity index is 564. The summed E-state index contributed by atoms with van der Waals surface area (Å²) in [5, 5.41) is 2.77. The van der Waals surface area contributed by atoms with Crippen LogP contribution in [-0.2, 0) is 19.4 Å². The SMILES string of the molecule is CC1(CNC(=O)CCS(=O)(=O)c2ccccc2)COC1. The number of ether oxygens (including phenoxy) is 1. The molecule has 0 spiro atoms. The Morgan fingerprint density at radius 1 is 1.30 bits per heavy atom. The molecule has 20 heavy (non-hydrogen) atoms. The van der Waals surface area contributed by atoms with Crippen LogP contribution in [0, 0.1) is 5.41 Å². The molecule has 0 radical (unpaired) electrons. The van der Waals surface area contributed by atoms with Crippen LogP contribution < -0.4 is 5.32 Å². The molecule has 1 aliphatic rings. The van der Waals surface area contributed by atoms with Gasteiger partial charge in [-0.3, -0.25) is 4.79 Å². The average molecular weight is 297 g/mol. The van der Waals surface area contributed by atoms with Crippen LogP contribution in [0.25, 0.3) is 0 Å². The van der Waals surface area contributed by atoms with Crippen molar-refractivity contribution in [2.45, 2.75) is 18.2 Å². The van der Waals surface area contributed by atoms with Crippen LogP contribution in [-0.4, -0.2) is 39.8 Å². The van der Waals surface area contributed by atoms with Gasteiger partial charge in [0, 0.05) is 18.4 Å². The molecular weight excluding hydrogens is 278 g/mol. The first-order valence-electron chi connectivity index (χ1n) is 6.54. The van der Waals surface area contributed by atoms with Crippen LogP contribution >= 0.6 is 0 Å². The Morgan fingerprint density at radius 2 is 1.95 bits per heavy atom. The van der Waals surface area contributed by atoms with E-state index in [2.05, 4.69) is 5.32 Å². The predicted molar refractivity (Wildman–Crippen MR) is 75.0 cm³/mol. The number of benzene rings is 1. The monoisotopic (exact) mass is 297 g/mol. The second-order valence-electron chi connectivity index (χ2n) is 5.46. The van der Waals surface area contributed by atoms with Crippen molar-refractivity contribution in [1.82, 2.24) is 5.32 Å². The molecule has 1 aromatic carbocycles. The van der Waals surface area contributed by atoms with Crippen molar-refractivity contribution in [1.29, 1.82) is 0 Å². The van der Waals surface area contributed by atoms with E-state index in [1.807, 2.05) is 6.92 Å². The molecule has 1 saturated heterocycles.